The van der Waals surface area contributed by atoms with Crippen LogP contribution in [-0.4, -0.2) is 14.8 Å². The van der Waals surface area contributed by atoms with Crippen molar-refractivity contribution in [2.75, 3.05) is 0 Å². The van der Waals surface area contributed by atoms with Crippen LogP contribution in [0.5, 0.6) is 0 Å². The second-order valence-corrected chi connectivity index (χ2v) is 4.25. The molecule has 0 aliphatic carbocycles. The molecule has 0 unspecified atom stereocenters. The summed E-state index contributed by atoms with van der Waals surface area (Å²) in [7, 11) is 0. The largest absolute Gasteiger partial charge is 0.419 e. The zero-order chi connectivity index (χ0) is 13.3. The van der Waals surface area contributed by atoms with E-state index in [1.807, 2.05) is 0 Å². The van der Waals surface area contributed by atoms with Gasteiger partial charge in [0, 0.05) is 11.8 Å². The van der Waals surface area contributed by atoms with Crippen LogP contribution in [0.2, 0.25) is 10.3 Å². The van der Waals surface area contributed by atoms with Crippen LogP contribution in [0.4, 0.5) is 13.2 Å². The molecule has 96 valence electrons. The quantitative estimate of drug-likeness (QED) is 0.792. The van der Waals surface area contributed by atoms with E-state index < -0.39 is 11.7 Å². The molecule has 0 amide bonds. The van der Waals surface area contributed by atoms with E-state index in [1.165, 1.54) is 6.07 Å². The fourth-order valence-electron chi connectivity index (χ4n) is 1.33. The van der Waals surface area contributed by atoms with Gasteiger partial charge in [-0.1, -0.05) is 29.3 Å². The lowest BCUT2D eigenvalue weighted by molar-refractivity contribution is -0.137. The molecular weight excluding hydrogens is 290 g/mol. The number of alkyl halides is 3. The number of halogens is 5. The van der Waals surface area contributed by atoms with Gasteiger partial charge in [-0.15, -0.1) is 0 Å². The predicted octanol–water partition coefficient (Wildman–Crippen LogP) is 3.65. The molecule has 0 saturated carbocycles. The highest BCUT2D eigenvalue weighted by Crippen LogP contribution is 2.28. The minimum atomic E-state index is -4.40. The molecule has 8 heteroatoms. The molecule has 0 radical (unpaired) electrons. The van der Waals surface area contributed by atoms with E-state index in [4.69, 9.17) is 23.2 Å². The van der Waals surface area contributed by atoms with Crippen LogP contribution in [-0.2, 0) is 12.7 Å². The fraction of sp³-hybridized carbons (Fsp3) is 0.200. The molecule has 18 heavy (non-hydrogen) atoms. The van der Waals surface area contributed by atoms with Crippen LogP contribution >= 0.6 is 23.2 Å². The van der Waals surface area contributed by atoms with Gasteiger partial charge in [-0.3, -0.25) is 4.68 Å². The summed E-state index contributed by atoms with van der Waals surface area (Å²) in [5.41, 5.74) is -0.265. The van der Waals surface area contributed by atoms with E-state index in [0.717, 1.165) is 17.1 Å². The summed E-state index contributed by atoms with van der Waals surface area (Å²) in [6, 6.07) is 3.10. The number of nitrogens with zero attached hydrogens (tertiary/aromatic N) is 3. The van der Waals surface area contributed by atoms with E-state index >= 15 is 0 Å². The third-order valence-corrected chi connectivity index (χ3v) is 2.72. The Morgan fingerprint density at radius 3 is 2.50 bits per heavy atom. The van der Waals surface area contributed by atoms with E-state index in [1.54, 1.807) is 6.07 Å². The van der Waals surface area contributed by atoms with Crippen LogP contribution < -0.4 is 0 Å². The van der Waals surface area contributed by atoms with Gasteiger partial charge >= 0.3 is 6.18 Å². The Hall–Kier alpha value is -1.27. The van der Waals surface area contributed by atoms with E-state index in [9.17, 15) is 13.2 Å². The number of aromatic nitrogens is 3. The van der Waals surface area contributed by atoms with E-state index in [-0.39, 0.29) is 16.9 Å². The molecule has 0 saturated heterocycles. The highest BCUT2D eigenvalue weighted by Gasteiger charge is 2.32. The smallest absolute Gasteiger partial charge is 0.268 e. The lowest BCUT2D eigenvalue weighted by Gasteiger charge is -2.04. The predicted molar refractivity (Wildman–Crippen MR) is 60.6 cm³/mol. The summed E-state index contributed by atoms with van der Waals surface area (Å²) < 4.78 is 38.2. The molecule has 0 atom stereocenters. The van der Waals surface area contributed by atoms with E-state index in [0.29, 0.717) is 5.56 Å². The molecule has 2 aromatic heterocycles. The minimum absolute atomic E-state index is 0.0963. The molecule has 0 aliphatic heterocycles. The molecule has 2 rings (SSSR count). The number of pyridine rings is 1. The average molecular weight is 296 g/mol. The van der Waals surface area contributed by atoms with Gasteiger partial charge in [-0.05, 0) is 6.07 Å². The zero-order valence-electron chi connectivity index (χ0n) is 8.75. The van der Waals surface area contributed by atoms with Crippen LogP contribution in [0.3, 0.4) is 0 Å². The van der Waals surface area contributed by atoms with Crippen LogP contribution in [0, 0.1) is 0 Å². The molecular formula is C10H6Cl2F3N3. The molecule has 0 aliphatic rings. The molecule has 0 bridgehead atoms. The molecule has 2 aromatic rings. The Morgan fingerprint density at radius 2 is 1.94 bits per heavy atom. The minimum Gasteiger partial charge on any atom is -0.268 e. The maximum Gasteiger partial charge on any atom is 0.419 e. The summed E-state index contributed by atoms with van der Waals surface area (Å²) >= 11 is 11.4. The van der Waals surface area contributed by atoms with Crippen LogP contribution in [0.1, 0.15) is 11.1 Å². The van der Waals surface area contributed by atoms with Crippen molar-refractivity contribution in [3.63, 3.8) is 0 Å². The maximum atomic E-state index is 12.4. The first-order chi connectivity index (χ1) is 8.36. The Balaban J connectivity index is 2.21. The molecule has 0 N–H and O–H groups in total. The van der Waals surface area contributed by atoms with Gasteiger partial charge in [0.05, 0.1) is 18.3 Å². The Morgan fingerprint density at radius 1 is 1.22 bits per heavy atom. The van der Waals surface area contributed by atoms with Gasteiger partial charge in [-0.25, -0.2) is 4.98 Å². The summed E-state index contributed by atoms with van der Waals surface area (Å²) in [5, 5.41) is 3.99. The van der Waals surface area contributed by atoms with Gasteiger partial charge < -0.3 is 0 Å². The summed E-state index contributed by atoms with van der Waals surface area (Å²) in [4.78, 5) is 3.79. The normalized spacial score (nSPS) is 11.8. The second kappa shape index (κ2) is 4.78. The fourth-order valence-corrected chi connectivity index (χ4v) is 1.73. The van der Waals surface area contributed by atoms with E-state index in [2.05, 4.69) is 10.1 Å². The van der Waals surface area contributed by atoms with Gasteiger partial charge in [0.25, 0.3) is 0 Å². The number of rotatable bonds is 2. The molecule has 0 spiro atoms. The first kappa shape index (κ1) is 13.2. The van der Waals surface area contributed by atoms with Crippen molar-refractivity contribution in [3.05, 3.63) is 46.0 Å². The van der Waals surface area contributed by atoms with Crippen molar-refractivity contribution in [1.29, 1.82) is 0 Å². The Labute approximate surface area is 110 Å². The molecule has 3 nitrogen and oxygen atoms in total. The monoisotopic (exact) mass is 295 g/mol. The van der Waals surface area contributed by atoms with Crippen LogP contribution in [0.15, 0.2) is 24.5 Å². The first-order valence-corrected chi connectivity index (χ1v) is 5.52. The van der Waals surface area contributed by atoms with Gasteiger partial charge in [0.1, 0.15) is 10.3 Å². The summed E-state index contributed by atoms with van der Waals surface area (Å²) in [6.07, 6.45) is -2.73. The highest BCUT2D eigenvalue weighted by molar-refractivity contribution is 6.32. The second-order valence-electron chi connectivity index (χ2n) is 3.51. The first-order valence-electron chi connectivity index (χ1n) is 4.77. The number of hydrogen-bond donors (Lipinski definition) is 0. The Bertz CT molecular complexity index is 566. The van der Waals surface area contributed by atoms with Crippen molar-refractivity contribution < 1.29 is 13.2 Å². The zero-order valence-corrected chi connectivity index (χ0v) is 10.3. The topological polar surface area (TPSA) is 30.7 Å². The maximum absolute atomic E-state index is 12.4. The Kier molecular flexibility index (Phi) is 3.49. The standard InChI is InChI=1S/C10H6Cl2F3N3/c11-8-2-1-6(9(12)17-8)4-18-5-7(3-16-18)10(13,14)15/h1-3,5H,4H2. The van der Waals surface area contributed by atoms with Gasteiger partial charge in [0.2, 0.25) is 0 Å². The molecule has 0 aromatic carbocycles. The summed E-state index contributed by atoms with van der Waals surface area (Å²) in [5.74, 6) is 0. The van der Waals surface area contributed by atoms with Crippen molar-refractivity contribution in [2.24, 2.45) is 0 Å². The van der Waals surface area contributed by atoms with Gasteiger partial charge in [-0.2, -0.15) is 18.3 Å². The van der Waals surface area contributed by atoms with Gasteiger partial charge in [0.15, 0.2) is 0 Å². The van der Waals surface area contributed by atoms with Crippen molar-refractivity contribution >= 4 is 23.2 Å². The molecule has 0 fully saturated rings. The summed E-state index contributed by atoms with van der Waals surface area (Å²) in [6.45, 7) is 0.0963. The third-order valence-electron chi connectivity index (χ3n) is 2.18. The highest BCUT2D eigenvalue weighted by atomic mass is 35.5. The lowest BCUT2D eigenvalue weighted by Crippen LogP contribution is -2.04. The number of hydrogen-bond acceptors (Lipinski definition) is 2. The SMILES string of the molecule is FC(F)(F)c1cnn(Cc2ccc(Cl)nc2Cl)c1. The van der Waals surface area contributed by atoms with Crippen molar-refractivity contribution in [1.82, 2.24) is 14.8 Å². The van der Waals surface area contributed by atoms with Crippen LogP contribution in [0.25, 0.3) is 0 Å². The van der Waals surface area contributed by atoms with Crippen molar-refractivity contribution in [2.45, 2.75) is 12.7 Å². The average Bonchev–Trinajstić information content (AvgIpc) is 2.70. The third kappa shape index (κ3) is 2.94. The van der Waals surface area contributed by atoms with Crippen molar-refractivity contribution in [3.8, 4) is 0 Å². The molecule has 2 heterocycles. The lowest BCUT2D eigenvalue weighted by atomic mass is 10.3.